The molecule has 2 heterocycles. The van der Waals surface area contributed by atoms with Crippen molar-refractivity contribution in [2.24, 2.45) is 17.3 Å². The molecule has 1 aliphatic carbocycles. The van der Waals surface area contributed by atoms with Crippen LogP contribution in [0.5, 0.6) is 0 Å². The van der Waals surface area contributed by atoms with Crippen LogP contribution < -0.4 is 4.90 Å². The lowest BCUT2D eigenvalue weighted by molar-refractivity contribution is -0.0315. The number of halogens is 1. The second-order valence-electron chi connectivity index (χ2n) is 8.77. The highest BCUT2D eigenvalue weighted by atomic mass is 35.5. The molecule has 4 nitrogen and oxygen atoms in total. The van der Waals surface area contributed by atoms with Crippen molar-refractivity contribution in [3.8, 4) is 11.8 Å². The summed E-state index contributed by atoms with van der Waals surface area (Å²) in [5.41, 5.74) is 1.35. The molecule has 2 fully saturated rings. The molecule has 2 aliphatic rings. The normalized spacial score (nSPS) is 25.2. The molecule has 1 saturated carbocycles. The molecule has 0 atom stereocenters. The summed E-state index contributed by atoms with van der Waals surface area (Å²) in [5.74, 6) is 7.33. The molecule has 0 amide bonds. The van der Waals surface area contributed by atoms with Gasteiger partial charge in [-0.25, -0.2) is 4.98 Å². The van der Waals surface area contributed by atoms with Crippen LogP contribution >= 0.6 is 11.6 Å². The highest BCUT2D eigenvalue weighted by Crippen LogP contribution is 2.40. The topological polar surface area (TPSA) is 56.6 Å². The van der Waals surface area contributed by atoms with Gasteiger partial charge in [0.1, 0.15) is 5.15 Å². The molecule has 142 valence electrons. The van der Waals surface area contributed by atoms with Crippen molar-refractivity contribution < 1.29 is 10.2 Å². The second kappa shape index (κ2) is 7.38. The number of nitrogens with zero attached hydrogens (tertiary/aromatic N) is 2. The van der Waals surface area contributed by atoms with Crippen molar-refractivity contribution in [3.63, 3.8) is 0 Å². The summed E-state index contributed by atoms with van der Waals surface area (Å²) in [6.07, 6.45) is 5.56. The number of pyridine rings is 1. The van der Waals surface area contributed by atoms with E-state index in [2.05, 4.69) is 28.6 Å². The number of hydrogen-bond donors (Lipinski definition) is 2. The van der Waals surface area contributed by atoms with E-state index >= 15 is 0 Å². The van der Waals surface area contributed by atoms with Gasteiger partial charge >= 0.3 is 0 Å². The number of aliphatic hydroxyl groups is 2. The molecule has 1 aromatic rings. The van der Waals surface area contributed by atoms with Crippen LogP contribution in [0.2, 0.25) is 5.15 Å². The van der Waals surface area contributed by atoms with Crippen molar-refractivity contribution in [2.45, 2.75) is 52.1 Å². The molecule has 0 bridgehead atoms. The predicted octanol–water partition coefficient (Wildman–Crippen LogP) is 3.48. The first kappa shape index (κ1) is 19.5. The zero-order chi connectivity index (χ0) is 18.9. The lowest BCUT2D eigenvalue weighted by Crippen LogP contribution is -2.40. The Bertz CT molecular complexity index is 703. The fourth-order valence-corrected chi connectivity index (χ4v) is 3.87. The molecule has 0 aromatic carbocycles. The molecule has 2 N–H and O–H groups in total. The minimum Gasteiger partial charge on any atom is -0.396 e. The smallest absolute Gasteiger partial charge is 0.131 e. The number of aliphatic hydroxyl groups excluding tert-OH is 1. The third-order valence-corrected chi connectivity index (χ3v) is 6.30. The van der Waals surface area contributed by atoms with Crippen molar-refractivity contribution in [2.75, 3.05) is 24.6 Å². The highest BCUT2D eigenvalue weighted by molar-refractivity contribution is 6.29. The van der Waals surface area contributed by atoms with E-state index < -0.39 is 5.60 Å². The summed E-state index contributed by atoms with van der Waals surface area (Å²) >= 11 is 6.14. The zero-order valence-corrected chi connectivity index (χ0v) is 16.7. The number of aromatic nitrogens is 1. The van der Waals surface area contributed by atoms with Crippen LogP contribution in [-0.2, 0) is 0 Å². The quantitative estimate of drug-likeness (QED) is 0.626. The average molecular weight is 377 g/mol. The average Bonchev–Trinajstić information content (AvgIpc) is 2.54. The van der Waals surface area contributed by atoms with Crippen molar-refractivity contribution in [3.05, 3.63) is 23.0 Å². The Hall–Kier alpha value is -1.28. The zero-order valence-electron chi connectivity index (χ0n) is 15.9. The number of anilines is 1. The Balaban J connectivity index is 1.71. The maximum atomic E-state index is 10.1. The highest BCUT2D eigenvalue weighted by Gasteiger charge is 2.38. The van der Waals surface area contributed by atoms with Gasteiger partial charge in [-0.3, -0.25) is 0 Å². The number of hydrogen-bond acceptors (Lipinski definition) is 4. The van der Waals surface area contributed by atoms with Crippen molar-refractivity contribution in [1.82, 2.24) is 4.98 Å². The summed E-state index contributed by atoms with van der Waals surface area (Å²) in [6, 6.07) is 1.90. The minimum absolute atomic E-state index is 0.0111. The van der Waals surface area contributed by atoms with Crippen molar-refractivity contribution in [1.29, 1.82) is 0 Å². The van der Waals surface area contributed by atoms with Crippen LogP contribution in [0.1, 0.15) is 52.0 Å². The molecular weight excluding hydrogens is 348 g/mol. The molecule has 5 heteroatoms. The largest absolute Gasteiger partial charge is 0.396 e. The lowest BCUT2D eigenvalue weighted by atomic mass is 9.68. The Morgan fingerprint density at radius 3 is 2.58 bits per heavy atom. The van der Waals surface area contributed by atoms with Crippen LogP contribution in [0.25, 0.3) is 0 Å². The van der Waals surface area contributed by atoms with Gasteiger partial charge in [0.25, 0.3) is 0 Å². The summed E-state index contributed by atoms with van der Waals surface area (Å²) in [6.45, 7) is 7.89. The van der Waals surface area contributed by atoms with Crippen LogP contribution in [-0.4, -0.2) is 40.5 Å². The van der Waals surface area contributed by atoms with Gasteiger partial charge in [-0.2, -0.15) is 0 Å². The van der Waals surface area contributed by atoms with Crippen LogP contribution in [0.15, 0.2) is 12.3 Å². The summed E-state index contributed by atoms with van der Waals surface area (Å²) < 4.78 is 0. The fraction of sp³-hybridized carbons (Fsp3) is 0.667. The van der Waals surface area contributed by atoms with Crippen LogP contribution in [0, 0.1) is 29.1 Å². The lowest BCUT2D eigenvalue weighted by Gasteiger charge is -2.40. The monoisotopic (exact) mass is 376 g/mol. The summed E-state index contributed by atoms with van der Waals surface area (Å²) in [5, 5.41) is 20.1. The maximum Gasteiger partial charge on any atom is 0.131 e. The molecule has 1 aliphatic heterocycles. The van der Waals surface area contributed by atoms with Crippen LogP contribution in [0.3, 0.4) is 0 Å². The van der Waals surface area contributed by atoms with E-state index in [0.717, 1.165) is 50.0 Å². The Kier molecular flexibility index (Phi) is 5.53. The van der Waals surface area contributed by atoms with Crippen LogP contribution in [0.4, 0.5) is 5.69 Å². The Labute approximate surface area is 161 Å². The Morgan fingerprint density at radius 2 is 2.00 bits per heavy atom. The molecule has 0 radical (unpaired) electrons. The standard InChI is InChI=1S/C21H29ClN2O2/c1-20(2,26)17-10-15(11-17)4-5-16-13-23-19(22)12-18(16)24-8-6-21(3,14-25)7-9-24/h12-13,15,17,25-26H,6-11,14H2,1-3H3. The predicted molar refractivity (Wildman–Crippen MR) is 105 cm³/mol. The van der Waals surface area contributed by atoms with E-state index in [0.29, 0.717) is 17.0 Å². The van der Waals surface area contributed by atoms with Crippen molar-refractivity contribution >= 4 is 17.3 Å². The molecule has 1 saturated heterocycles. The van der Waals surface area contributed by atoms with E-state index in [4.69, 9.17) is 11.6 Å². The first-order chi connectivity index (χ1) is 12.2. The first-order valence-electron chi connectivity index (χ1n) is 9.45. The maximum absolute atomic E-state index is 10.1. The Morgan fingerprint density at radius 1 is 1.35 bits per heavy atom. The van der Waals surface area contributed by atoms with E-state index in [1.807, 2.05) is 19.9 Å². The number of piperidine rings is 1. The van der Waals surface area contributed by atoms with Gasteiger partial charge in [0.2, 0.25) is 0 Å². The molecule has 0 spiro atoms. The van der Waals surface area contributed by atoms with E-state index in [9.17, 15) is 10.2 Å². The summed E-state index contributed by atoms with van der Waals surface area (Å²) in [4.78, 5) is 6.51. The molecule has 0 unspecified atom stereocenters. The van der Waals surface area contributed by atoms with Gasteiger partial charge < -0.3 is 15.1 Å². The molecule has 1 aromatic heterocycles. The molecular formula is C21H29ClN2O2. The van der Waals surface area contributed by atoms with E-state index in [1.165, 1.54) is 0 Å². The van der Waals surface area contributed by atoms with Gasteiger partial charge in [0.05, 0.1) is 16.9 Å². The van der Waals surface area contributed by atoms with Gasteiger partial charge in [-0.1, -0.05) is 30.4 Å². The molecule has 3 rings (SSSR count). The van der Waals surface area contributed by atoms with Gasteiger partial charge in [0, 0.05) is 37.9 Å². The third-order valence-electron chi connectivity index (χ3n) is 6.09. The molecule has 26 heavy (non-hydrogen) atoms. The fourth-order valence-electron chi connectivity index (χ4n) is 3.72. The van der Waals surface area contributed by atoms with E-state index in [-0.39, 0.29) is 12.0 Å². The number of rotatable bonds is 3. The van der Waals surface area contributed by atoms with Gasteiger partial charge in [0.15, 0.2) is 0 Å². The SMILES string of the molecule is CC1(CO)CCN(c2cc(Cl)ncc2C#CC2CC(C(C)(C)O)C2)CC1. The second-order valence-corrected chi connectivity index (χ2v) is 9.16. The van der Waals surface area contributed by atoms with Gasteiger partial charge in [-0.05, 0) is 50.9 Å². The van der Waals surface area contributed by atoms with E-state index in [1.54, 1.807) is 6.20 Å². The summed E-state index contributed by atoms with van der Waals surface area (Å²) in [7, 11) is 0. The minimum atomic E-state index is -0.613. The van der Waals surface area contributed by atoms with Gasteiger partial charge in [-0.15, -0.1) is 0 Å². The third kappa shape index (κ3) is 4.34. The first-order valence-corrected chi connectivity index (χ1v) is 9.83.